The molecule has 2 nitrogen and oxygen atoms in total. The van der Waals surface area contributed by atoms with E-state index in [-0.39, 0.29) is 0 Å². The van der Waals surface area contributed by atoms with Gasteiger partial charge < -0.3 is 10.2 Å². The van der Waals surface area contributed by atoms with Crippen LogP contribution in [-0.2, 0) is 0 Å². The monoisotopic (exact) mass is 101 g/mol. The van der Waals surface area contributed by atoms with Crippen LogP contribution in [-0.4, -0.2) is 10.2 Å². The lowest BCUT2D eigenvalue weighted by molar-refractivity contribution is 0.115. The largest absolute Gasteiger partial charge is 0.358 e. The van der Waals surface area contributed by atoms with E-state index in [9.17, 15) is 0 Å². The third-order valence-electron chi connectivity index (χ3n) is 0.418. The van der Waals surface area contributed by atoms with Crippen LogP contribution in [0.25, 0.3) is 0 Å². The van der Waals surface area contributed by atoms with Gasteiger partial charge in [-0.1, -0.05) is 5.57 Å². The Balaban J connectivity index is 3.45. The third kappa shape index (κ3) is 5.66. The molecule has 0 saturated carbocycles. The average Bonchev–Trinajstić information content (AvgIpc) is 1.27. The fraction of sp³-hybridized carbons (Fsp3) is 0.400. The third-order valence-corrected chi connectivity index (χ3v) is 0.418. The Bertz CT molecular complexity index is 70.1. The van der Waals surface area contributed by atoms with E-state index in [1.54, 1.807) is 13.8 Å². The normalized spacial score (nSPS) is 9.29. The van der Waals surface area contributed by atoms with Gasteiger partial charge in [0.1, 0.15) is 0 Å². The average molecular weight is 101 g/mol. The second-order valence-corrected chi connectivity index (χ2v) is 1.58. The van der Waals surface area contributed by atoms with Gasteiger partial charge in [-0.25, -0.2) is 0 Å². The first kappa shape index (κ1) is 6.66. The molecule has 1 radical (unpaired) electrons. The summed E-state index contributed by atoms with van der Waals surface area (Å²) in [6, 6.07) is 0. The van der Waals surface area contributed by atoms with Crippen molar-refractivity contribution in [2.75, 3.05) is 0 Å². The molecule has 41 valence electrons. The highest BCUT2D eigenvalue weighted by molar-refractivity contribution is 5.01. The van der Waals surface area contributed by atoms with Crippen molar-refractivity contribution in [1.29, 1.82) is 0 Å². The van der Waals surface area contributed by atoms with Crippen molar-refractivity contribution in [3.05, 3.63) is 17.9 Å². The van der Waals surface area contributed by atoms with Crippen LogP contribution in [0.2, 0.25) is 0 Å². The minimum atomic E-state index is -0.625. The molecule has 0 fully saturated rings. The Hall–Kier alpha value is -0.340. The number of hydrogen-bond acceptors (Lipinski definition) is 2. The molecule has 0 aliphatic rings. The Kier molecular flexibility index (Phi) is 2.64. The fourth-order valence-electron chi connectivity index (χ4n) is 0.258. The Morgan fingerprint density at radius 3 is 1.71 bits per heavy atom. The Morgan fingerprint density at radius 1 is 1.29 bits per heavy atom. The summed E-state index contributed by atoms with van der Waals surface area (Å²) in [5, 5.41) is 16.2. The summed E-state index contributed by atoms with van der Waals surface area (Å²) in [6.45, 7) is 3.57. The minimum Gasteiger partial charge on any atom is -0.358 e. The highest BCUT2D eigenvalue weighted by Gasteiger charge is 1.88. The maximum absolute atomic E-state index is 8.12. The minimum absolute atomic E-state index is 0.625. The summed E-state index contributed by atoms with van der Waals surface area (Å²) in [5.74, 6) is 0. The molecule has 0 bridgehead atoms. The van der Waals surface area contributed by atoms with Crippen LogP contribution in [0.3, 0.4) is 0 Å². The van der Waals surface area contributed by atoms with Crippen LogP contribution < -0.4 is 0 Å². The van der Waals surface area contributed by atoms with Crippen LogP contribution in [0.4, 0.5) is 0 Å². The van der Waals surface area contributed by atoms with E-state index in [1.165, 1.54) is 6.08 Å². The molecule has 0 aromatic heterocycles. The molecule has 0 amide bonds. The highest BCUT2D eigenvalue weighted by atomic mass is 16.5. The lowest BCUT2D eigenvalue weighted by Crippen LogP contribution is -1.85. The molecule has 2 N–H and O–H groups in total. The second-order valence-electron chi connectivity index (χ2n) is 1.58. The first-order valence-corrected chi connectivity index (χ1v) is 2.02. The zero-order chi connectivity index (χ0) is 5.86. The van der Waals surface area contributed by atoms with Crippen LogP contribution in [0.5, 0.6) is 0 Å². The zero-order valence-electron chi connectivity index (χ0n) is 4.47. The van der Waals surface area contributed by atoms with Gasteiger partial charge >= 0.3 is 0 Å². The van der Waals surface area contributed by atoms with E-state index in [0.717, 1.165) is 5.57 Å². The topological polar surface area (TPSA) is 40.5 Å². The van der Waals surface area contributed by atoms with Crippen molar-refractivity contribution < 1.29 is 10.2 Å². The zero-order valence-corrected chi connectivity index (χ0v) is 4.47. The molecule has 0 unspecified atom stereocenters. The molecule has 0 aliphatic carbocycles. The summed E-state index contributed by atoms with van der Waals surface area (Å²) in [7, 11) is 0. The van der Waals surface area contributed by atoms with E-state index in [2.05, 4.69) is 0 Å². The van der Waals surface area contributed by atoms with E-state index in [4.69, 9.17) is 10.2 Å². The number of hydrogen-bond donors (Lipinski definition) is 2. The van der Waals surface area contributed by atoms with Crippen molar-refractivity contribution in [3.63, 3.8) is 0 Å². The van der Waals surface area contributed by atoms with Gasteiger partial charge in [0.2, 0.25) is 6.29 Å². The predicted octanol–water partition coefficient (Wildman–Crippen LogP) is 1.19. The number of rotatable bonds is 1. The van der Waals surface area contributed by atoms with E-state index in [1.807, 2.05) is 0 Å². The lowest BCUT2D eigenvalue weighted by Gasteiger charge is -1.89. The van der Waals surface area contributed by atoms with Gasteiger partial charge in [0, 0.05) is 0 Å². The summed E-state index contributed by atoms with van der Waals surface area (Å²) in [5.41, 5.74) is 0.875. The highest BCUT2D eigenvalue weighted by Crippen LogP contribution is 1.94. The molecular formula is C5H9O2. The lowest BCUT2D eigenvalue weighted by atomic mass is 10.3. The summed E-state index contributed by atoms with van der Waals surface area (Å²) in [6.07, 6.45) is 0.653. The van der Waals surface area contributed by atoms with Gasteiger partial charge in [-0.05, 0) is 19.9 Å². The van der Waals surface area contributed by atoms with Gasteiger partial charge in [-0.3, -0.25) is 0 Å². The molecule has 0 spiro atoms. The molecule has 0 atom stereocenters. The predicted molar refractivity (Wildman–Crippen MR) is 26.5 cm³/mol. The molecule has 0 aromatic rings. The van der Waals surface area contributed by atoms with Gasteiger partial charge in [-0.15, -0.1) is 0 Å². The molecule has 0 aromatic carbocycles. The summed E-state index contributed by atoms with van der Waals surface area (Å²) in [4.78, 5) is 0. The number of allylic oxidation sites excluding steroid dienone is 1. The van der Waals surface area contributed by atoms with Gasteiger partial charge in [0.25, 0.3) is 0 Å². The first-order chi connectivity index (χ1) is 3.13. The maximum Gasteiger partial charge on any atom is 0.243 e. The standard InChI is InChI=1S/C5H9O2/c1-4(2)3-5(6)7/h3,6-7H,1-2H3. The van der Waals surface area contributed by atoms with Crippen LogP contribution in [0.15, 0.2) is 11.6 Å². The Morgan fingerprint density at radius 2 is 1.71 bits per heavy atom. The van der Waals surface area contributed by atoms with Crippen LogP contribution in [0.1, 0.15) is 13.8 Å². The van der Waals surface area contributed by atoms with Gasteiger partial charge in [-0.2, -0.15) is 0 Å². The van der Waals surface area contributed by atoms with Crippen molar-refractivity contribution in [2.45, 2.75) is 13.8 Å². The van der Waals surface area contributed by atoms with E-state index >= 15 is 0 Å². The number of aliphatic hydroxyl groups is 2. The molecular weight excluding hydrogens is 92.1 g/mol. The molecule has 0 saturated heterocycles. The van der Waals surface area contributed by atoms with Gasteiger partial charge in [0.15, 0.2) is 0 Å². The van der Waals surface area contributed by atoms with E-state index < -0.39 is 6.29 Å². The Labute approximate surface area is 43.1 Å². The summed E-state index contributed by atoms with van der Waals surface area (Å²) < 4.78 is 0. The quantitative estimate of drug-likeness (QED) is 0.520. The molecule has 7 heavy (non-hydrogen) atoms. The van der Waals surface area contributed by atoms with Crippen molar-refractivity contribution >= 4 is 0 Å². The molecule has 0 heterocycles. The maximum atomic E-state index is 8.12. The second kappa shape index (κ2) is 2.77. The molecule has 0 aliphatic heterocycles. The number of aliphatic hydroxyl groups excluding tert-OH is 1. The fourth-order valence-corrected chi connectivity index (χ4v) is 0.258. The van der Waals surface area contributed by atoms with Crippen LogP contribution in [0, 0.1) is 6.29 Å². The van der Waals surface area contributed by atoms with Crippen molar-refractivity contribution in [2.24, 2.45) is 0 Å². The van der Waals surface area contributed by atoms with Crippen molar-refractivity contribution in [1.82, 2.24) is 0 Å². The molecule has 0 rings (SSSR count). The van der Waals surface area contributed by atoms with Crippen molar-refractivity contribution in [3.8, 4) is 0 Å². The smallest absolute Gasteiger partial charge is 0.243 e. The SMILES string of the molecule is CC(C)=C[C](O)O. The molecule has 2 heteroatoms. The summed E-state index contributed by atoms with van der Waals surface area (Å²) >= 11 is 0. The van der Waals surface area contributed by atoms with Crippen LogP contribution >= 0.6 is 0 Å². The van der Waals surface area contributed by atoms with Gasteiger partial charge in [0.05, 0.1) is 0 Å². The van der Waals surface area contributed by atoms with E-state index in [0.29, 0.717) is 0 Å². The first-order valence-electron chi connectivity index (χ1n) is 2.02.